The second-order valence-corrected chi connectivity index (χ2v) is 5.22. The van der Waals surface area contributed by atoms with Gasteiger partial charge in [0.15, 0.2) is 4.67 Å². The first-order valence-corrected chi connectivity index (χ1v) is 7.07. The van der Waals surface area contributed by atoms with Crippen molar-refractivity contribution in [3.63, 3.8) is 0 Å². The van der Waals surface area contributed by atoms with Gasteiger partial charge in [0.25, 0.3) is 11.8 Å². The van der Waals surface area contributed by atoms with Crippen LogP contribution in [0.2, 0.25) is 0 Å². The van der Waals surface area contributed by atoms with Crippen LogP contribution in [0, 0.1) is 0 Å². The molecule has 1 aliphatic rings. The second-order valence-electron chi connectivity index (χ2n) is 4.44. The summed E-state index contributed by atoms with van der Waals surface area (Å²) in [5, 5.41) is 2.14. The Labute approximate surface area is 133 Å². The van der Waals surface area contributed by atoms with Crippen LogP contribution in [0.1, 0.15) is 5.76 Å². The minimum absolute atomic E-state index is 0.176. The summed E-state index contributed by atoms with van der Waals surface area (Å²) in [5.41, 5.74) is 0.203. The highest BCUT2D eigenvalue weighted by Crippen LogP contribution is 2.22. The number of imide groups is 2. The van der Waals surface area contributed by atoms with Gasteiger partial charge in [-0.15, -0.1) is 0 Å². The third-order valence-corrected chi connectivity index (χ3v) is 3.42. The zero-order chi connectivity index (χ0) is 15.7. The lowest BCUT2D eigenvalue weighted by Crippen LogP contribution is -2.54. The van der Waals surface area contributed by atoms with Gasteiger partial charge in [-0.1, -0.05) is 18.2 Å². The van der Waals surface area contributed by atoms with E-state index in [1.165, 1.54) is 6.08 Å². The van der Waals surface area contributed by atoms with Gasteiger partial charge >= 0.3 is 6.03 Å². The Morgan fingerprint density at radius 1 is 1.05 bits per heavy atom. The zero-order valence-corrected chi connectivity index (χ0v) is 12.7. The molecule has 7 heteroatoms. The molecule has 4 amide bonds. The number of carbonyl (C=O) groups excluding carboxylic acids is 3. The molecule has 0 aliphatic carbocycles. The number of amides is 4. The molecule has 1 aliphatic heterocycles. The van der Waals surface area contributed by atoms with E-state index in [4.69, 9.17) is 4.42 Å². The normalized spacial score (nSPS) is 17.0. The van der Waals surface area contributed by atoms with Crippen LogP contribution in [-0.4, -0.2) is 17.8 Å². The van der Waals surface area contributed by atoms with E-state index in [0.717, 1.165) is 4.90 Å². The van der Waals surface area contributed by atoms with Crippen molar-refractivity contribution >= 4 is 45.5 Å². The third kappa shape index (κ3) is 2.58. The fraction of sp³-hybridized carbons (Fsp3) is 0. The second kappa shape index (κ2) is 5.61. The number of barbiturate groups is 1. The number of urea groups is 1. The van der Waals surface area contributed by atoms with E-state index in [9.17, 15) is 14.4 Å². The molecule has 2 aromatic rings. The number of nitrogens with one attached hydrogen (secondary N) is 1. The van der Waals surface area contributed by atoms with E-state index in [1.54, 1.807) is 42.5 Å². The average molecular weight is 361 g/mol. The maximum atomic E-state index is 12.5. The molecule has 0 atom stereocenters. The quantitative estimate of drug-likeness (QED) is 0.659. The van der Waals surface area contributed by atoms with Crippen molar-refractivity contribution in [2.24, 2.45) is 0 Å². The van der Waals surface area contributed by atoms with E-state index >= 15 is 0 Å². The molecule has 1 N–H and O–H groups in total. The van der Waals surface area contributed by atoms with Crippen LogP contribution >= 0.6 is 15.9 Å². The van der Waals surface area contributed by atoms with Gasteiger partial charge in [-0.25, -0.2) is 9.69 Å². The number of carbonyl (C=O) groups is 3. The van der Waals surface area contributed by atoms with Crippen molar-refractivity contribution in [2.45, 2.75) is 0 Å². The van der Waals surface area contributed by atoms with Crippen LogP contribution in [0.25, 0.3) is 6.08 Å². The average Bonchev–Trinajstić information content (AvgIpc) is 2.90. The van der Waals surface area contributed by atoms with Crippen molar-refractivity contribution in [1.82, 2.24) is 5.32 Å². The van der Waals surface area contributed by atoms with Crippen molar-refractivity contribution in [2.75, 3.05) is 4.90 Å². The Hall–Kier alpha value is -2.67. The maximum absolute atomic E-state index is 12.5. The SMILES string of the molecule is O=C1NC(=O)N(c2ccccc2)C(=O)C1=Cc1ccc(Br)o1. The van der Waals surface area contributed by atoms with E-state index < -0.39 is 17.8 Å². The summed E-state index contributed by atoms with van der Waals surface area (Å²) in [7, 11) is 0. The Bertz CT molecular complexity index is 795. The van der Waals surface area contributed by atoms with E-state index in [2.05, 4.69) is 21.2 Å². The molecule has 1 aromatic carbocycles. The van der Waals surface area contributed by atoms with Crippen molar-refractivity contribution in [1.29, 1.82) is 0 Å². The summed E-state index contributed by atoms with van der Waals surface area (Å²) in [6, 6.07) is 10.8. The number of hydrogen-bond donors (Lipinski definition) is 1. The Morgan fingerprint density at radius 3 is 2.41 bits per heavy atom. The standard InChI is InChI=1S/C15H9BrN2O4/c16-12-7-6-10(22-12)8-11-13(19)17-15(21)18(14(11)20)9-4-2-1-3-5-9/h1-8H,(H,17,19,21). The van der Waals surface area contributed by atoms with Gasteiger partial charge in [-0.05, 0) is 46.3 Å². The van der Waals surface area contributed by atoms with Crippen LogP contribution in [-0.2, 0) is 9.59 Å². The molecular weight excluding hydrogens is 352 g/mol. The van der Waals surface area contributed by atoms with Crippen LogP contribution in [0.15, 0.2) is 57.1 Å². The Kier molecular flexibility index (Phi) is 3.64. The van der Waals surface area contributed by atoms with Gasteiger partial charge in [0.2, 0.25) is 0 Å². The lowest BCUT2D eigenvalue weighted by Gasteiger charge is -2.26. The van der Waals surface area contributed by atoms with Crippen molar-refractivity contribution in [3.05, 3.63) is 58.5 Å². The van der Waals surface area contributed by atoms with Gasteiger partial charge in [0.1, 0.15) is 11.3 Å². The van der Waals surface area contributed by atoms with Crippen LogP contribution < -0.4 is 10.2 Å². The number of rotatable bonds is 2. The number of hydrogen-bond acceptors (Lipinski definition) is 4. The van der Waals surface area contributed by atoms with Crippen LogP contribution in [0.5, 0.6) is 0 Å². The first-order chi connectivity index (χ1) is 10.6. The Morgan fingerprint density at radius 2 is 1.77 bits per heavy atom. The summed E-state index contributed by atoms with van der Waals surface area (Å²) >= 11 is 3.14. The van der Waals surface area contributed by atoms with Gasteiger partial charge in [0, 0.05) is 0 Å². The lowest BCUT2D eigenvalue weighted by molar-refractivity contribution is -0.122. The van der Waals surface area contributed by atoms with Crippen molar-refractivity contribution in [3.8, 4) is 0 Å². The smallest absolute Gasteiger partial charge is 0.335 e. The number of halogens is 1. The molecule has 0 radical (unpaired) electrons. The number of benzene rings is 1. The first-order valence-electron chi connectivity index (χ1n) is 6.28. The molecule has 1 fully saturated rings. The van der Waals surface area contributed by atoms with E-state index in [-0.39, 0.29) is 5.57 Å². The lowest BCUT2D eigenvalue weighted by atomic mass is 10.1. The molecule has 6 nitrogen and oxygen atoms in total. The molecule has 1 aromatic heterocycles. The molecule has 2 heterocycles. The molecule has 0 saturated carbocycles. The van der Waals surface area contributed by atoms with Crippen LogP contribution in [0.3, 0.4) is 0 Å². The molecule has 22 heavy (non-hydrogen) atoms. The molecule has 0 bridgehead atoms. The minimum atomic E-state index is -0.779. The summed E-state index contributed by atoms with van der Waals surface area (Å²) in [6.07, 6.45) is 1.30. The highest BCUT2D eigenvalue weighted by Gasteiger charge is 2.36. The van der Waals surface area contributed by atoms with E-state index in [1.807, 2.05) is 0 Å². The molecule has 0 unspecified atom stereocenters. The van der Waals surface area contributed by atoms with Crippen LogP contribution in [0.4, 0.5) is 10.5 Å². The number of para-hydroxylation sites is 1. The van der Waals surface area contributed by atoms with Crippen molar-refractivity contribution < 1.29 is 18.8 Å². The molecule has 3 rings (SSSR count). The van der Waals surface area contributed by atoms with Gasteiger partial charge in [0.05, 0.1) is 5.69 Å². The molecule has 110 valence electrons. The van der Waals surface area contributed by atoms with E-state index in [0.29, 0.717) is 16.1 Å². The fourth-order valence-electron chi connectivity index (χ4n) is 2.02. The highest BCUT2D eigenvalue weighted by atomic mass is 79.9. The minimum Gasteiger partial charge on any atom is -0.450 e. The highest BCUT2D eigenvalue weighted by molar-refractivity contribution is 9.10. The molecule has 1 saturated heterocycles. The first kappa shape index (κ1) is 14.3. The Balaban J connectivity index is 2.01. The maximum Gasteiger partial charge on any atom is 0.335 e. The fourth-order valence-corrected chi connectivity index (χ4v) is 2.34. The predicted molar refractivity (Wildman–Crippen MR) is 81.9 cm³/mol. The number of nitrogens with zero attached hydrogens (tertiary/aromatic N) is 1. The zero-order valence-electron chi connectivity index (χ0n) is 11.1. The summed E-state index contributed by atoms with van der Waals surface area (Å²) in [6.45, 7) is 0. The summed E-state index contributed by atoms with van der Waals surface area (Å²) in [4.78, 5) is 37.2. The number of anilines is 1. The molecule has 0 spiro atoms. The summed E-state index contributed by atoms with van der Waals surface area (Å²) in [5.74, 6) is -1.13. The topological polar surface area (TPSA) is 79.6 Å². The monoisotopic (exact) mass is 360 g/mol. The van der Waals surface area contributed by atoms with Gasteiger partial charge in [-0.2, -0.15) is 0 Å². The molecular formula is C15H9BrN2O4. The largest absolute Gasteiger partial charge is 0.450 e. The van der Waals surface area contributed by atoms with Gasteiger partial charge in [-0.3, -0.25) is 14.9 Å². The third-order valence-electron chi connectivity index (χ3n) is 3.00. The summed E-state index contributed by atoms with van der Waals surface area (Å²) < 4.78 is 5.73. The number of furan rings is 1. The van der Waals surface area contributed by atoms with Gasteiger partial charge < -0.3 is 4.42 Å². The predicted octanol–water partition coefficient (Wildman–Crippen LogP) is 2.71.